The van der Waals surface area contributed by atoms with Crippen molar-refractivity contribution in [2.24, 2.45) is 11.8 Å². The highest BCUT2D eigenvalue weighted by molar-refractivity contribution is 5.15. The Labute approximate surface area is 243 Å². The Morgan fingerprint density at radius 1 is 0.634 bits per heavy atom. The summed E-state index contributed by atoms with van der Waals surface area (Å²) in [5.41, 5.74) is 3.35. The van der Waals surface area contributed by atoms with E-state index in [1.54, 1.807) is 0 Å². The second kappa shape index (κ2) is 14.5. The molecule has 220 valence electrons. The molecule has 3 aromatic rings. The van der Waals surface area contributed by atoms with Gasteiger partial charge in [-0.2, -0.15) is 0 Å². The van der Waals surface area contributed by atoms with E-state index in [9.17, 15) is 8.78 Å². The maximum atomic E-state index is 13.9. The van der Waals surface area contributed by atoms with Gasteiger partial charge in [0.1, 0.15) is 6.10 Å². The average molecular weight is 564 g/mol. The highest BCUT2D eigenvalue weighted by atomic mass is 19.3. The van der Waals surface area contributed by atoms with Crippen molar-refractivity contribution in [1.82, 2.24) is 4.90 Å². The molecule has 2 unspecified atom stereocenters. The van der Waals surface area contributed by atoms with Gasteiger partial charge in [-0.25, -0.2) is 8.78 Å². The molecule has 0 amide bonds. The van der Waals surface area contributed by atoms with E-state index in [0.717, 1.165) is 56.1 Å². The zero-order valence-corrected chi connectivity index (χ0v) is 24.0. The van der Waals surface area contributed by atoms with Gasteiger partial charge in [0.25, 0.3) is 0 Å². The van der Waals surface area contributed by atoms with E-state index in [4.69, 9.17) is 14.2 Å². The van der Waals surface area contributed by atoms with Crippen molar-refractivity contribution in [2.75, 3.05) is 19.6 Å². The molecule has 2 atom stereocenters. The van der Waals surface area contributed by atoms with Gasteiger partial charge in [0.05, 0.1) is 32.0 Å². The van der Waals surface area contributed by atoms with Crippen LogP contribution in [0.15, 0.2) is 91.0 Å². The minimum Gasteiger partial charge on any atom is -0.369 e. The van der Waals surface area contributed by atoms with Gasteiger partial charge in [-0.1, -0.05) is 91.0 Å². The van der Waals surface area contributed by atoms with Crippen LogP contribution in [0.5, 0.6) is 0 Å². The number of ether oxygens (including phenoxy) is 3. The Balaban J connectivity index is 1.31. The van der Waals surface area contributed by atoms with Gasteiger partial charge in [-0.3, -0.25) is 4.90 Å². The lowest BCUT2D eigenvalue weighted by atomic mass is 9.79. The normalized spacial score (nSPS) is 25.7. The van der Waals surface area contributed by atoms with Gasteiger partial charge in [-0.05, 0) is 55.2 Å². The van der Waals surface area contributed by atoms with Crippen molar-refractivity contribution in [2.45, 2.75) is 76.7 Å². The van der Waals surface area contributed by atoms with Crippen molar-refractivity contribution in [3.63, 3.8) is 0 Å². The lowest BCUT2D eigenvalue weighted by Crippen LogP contribution is -2.58. The summed E-state index contributed by atoms with van der Waals surface area (Å²) < 4.78 is 47.6. The lowest BCUT2D eigenvalue weighted by molar-refractivity contribution is -0.186. The van der Waals surface area contributed by atoms with Crippen LogP contribution in [-0.2, 0) is 34.0 Å². The van der Waals surface area contributed by atoms with Gasteiger partial charge in [0.15, 0.2) is 0 Å². The van der Waals surface area contributed by atoms with Crippen molar-refractivity contribution in [3.05, 3.63) is 108 Å². The van der Waals surface area contributed by atoms with Crippen molar-refractivity contribution in [3.8, 4) is 0 Å². The first-order chi connectivity index (χ1) is 19.9. The summed E-state index contributed by atoms with van der Waals surface area (Å²) in [6.07, 6.45) is 2.23. The standard InChI is InChI=1S/C35H43F2NO3/c1-35(36,37)31-19-17-27(18-20-31)21-38-22-32(39-24-28-11-5-2-6-12-28)34(41-26-30-15-9-4-10-16-30)33(23-38)40-25-29-13-7-3-8-14-29/h2-16,27,31-34H,17-26H2,1H3. The molecule has 5 rings (SSSR count). The number of piperidine rings is 1. The molecule has 1 saturated carbocycles. The molecule has 4 nitrogen and oxygen atoms in total. The largest absolute Gasteiger partial charge is 0.369 e. The molecule has 1 aliphatic carbocycles. The molecule has 0 spiro atoms. The molecule has 0 bridgehead atoms. The highest BCUT2D eigenvalue weighted by Gasteiger charge is 2.41. The number of rotatable bonds is 12. The Kier molecular flexibility index (Phi) is 10.6. The van der Waals surface area contributed by atoms with E-state index in [-0.39, 0.29) is 18.3 Å². The number of hydrogen-bond donors (Lipinski definition) is 0. The molecule has 1 heterocycles. The Hall–Kier alpha value is -2.64. The first kappa shape index (κ1) is 29.8. The molecule has 2 aliphatic rings. The first-order valence-corrected chi connectivity index (χ1v) is 15.0. The fraction of sp³-hybridized carbons (Fsp3) is 0.486. The molecular weight excluding hydrogens is 520 g/mol. The van der Waals surface area contributed by atoms with E-state index >= 15 is 0 Å². The molecule has 0 N–H and O–H groups in total. The Morgan fingerprint density at radius 2 is 1.05 bits per heavy atom. The number of benzene rings is 3. The third-order valence-corrected chi connectivity index (χ3v) is 8.59. The second-order valence-corrected chi connectivity index (χ2v) is 11.8. The maximum Gasteiger partial charge on any atom is 0.248 e. The maximum absolute atomic E-state index is 13.9. The van der Waals surface area contributed by atoms with Crippen LogP contribution in [0.4, 0.5) is 8.78 Å². The van der Waals surface area contributed by atoms with Crippen LogP contribution in [0, 0.1) is 11.8 Å². The van der Waals surface area contributed by atoms with Crippen molar-refractivity contribution in [1.29, 1.82) is 0 Å². The molecule has 1 saturated heterocycles. The van der Waals surface area contributed by atoms with Gasteiger partial charge < -0.3 is 14.2 Å². The molecule has 0 aromatic heterocycles. The SMILES string of the molecule is CC(F)(F)C1CCC(CN2CC(OCc3ccccc3)C(OCc3ccccc3)C(OCc3ccccc3)C2)CC1. The molecule has 41 heavy (non-hydrogen) atoms. The van der Waals surface area contributed by atoms with E-state index in [2.05, 4.69) is 41.3 Å². The summed E-state index contributed by atoms with van der Waals surface area (Å²) >= 11 is 0. The number of alkyl halides is 2. The molecular formula is C35H43F2NO3. The zero-order valence-electron chi connectivity index (χ0n) is 24.0. The predicted octanol–water partition coefficient (Wildman–Crippen LogP) is 7.52. The summed E-state index contributed by atoms with van der Waals surface area (Å²) in [4.78, 5) is 2.42. The van der Waals surface area contributed by atoms with Crippen LogP contribution in [0.2, 0.25) is 0 Å². The number of hydrogen-bond acceptors (Lipinski definition) is 4. The molecule has 2 fully saturated rings. The Morgan fingerprint density at radius 3 is 1.46 bits per heavy atom. The van der Waals surface area contributed by atoms with Gasteiger partial charge >= 0.3 is 0 Å². The molecule has 3 aromatic carbocycles. The van der Waals surface area contributed by atoms with Crippen LogP contribution >= 0.6 is 0 Å². The third kappa shape index (κ3) is 8.92. The minimum atomic E-state index is -2.59. The van der Waals surface area contributed by atoms with Crippen molar-refractivity contribution >= 4 is 0 Å². The summed E-state index contributed by atoms with van der Waals surface area (Å²) in [6, 6.07) is 30.6. The van der Waals surface area contributed by atoms with Crippen LogP contribution < -0.4 is 0 Å². The summed E-state index contributed by atoms with van der Waals surface area (Å²) in [5, 5.41) is 0. The van der Waals surface area contributed by atoms with Crippen LogP contribution in [0.25, 0.3) is 0 Å². The predicted molar refractivity (Wildman–Crippen MR) is 158 cm³/mol. The van der Waals surface area contributed by atoms with E-state index in [1.807, 2.05) is 54.6 Å². The second-order valence-electron chi connectivity index (χ2n) is 11.8. The topological polar surface area (TPSA) is 30.9 Å². The fourth-order valence-electron chi connectivity index (χ4n) is 6.23. The minimum absolute atomic E-state index is 0.190. The number of likely N-dealkylation sites (tertiary alicyclic amines) is 1. The van der Waals surface area contributed by atoms with E-state index < -0.39 is 11.8 Å². The first-order valence-electron chi connectivity index (χ1n) is 15.0. The lowest BCUT2D eigenvalue weighted by Gasteiger charge is -2.44. The molecule has 1 aliphatic heterocycles. The third-order valence-electron chi connectivity index (χ3n) is 8.59. The van der Waals surface area contributed by atoms with E-state index in [1.165, 1.54) is 0 Å². The van der Waals surface area contributed by atoms with Gasteiger partial charge in [-0.15, -0.1) is 0 Å². The van der Waals surface area contributed by atoms with Gasteiger partial charge in [0, 0.05) is 25.6 Å². The van der Waals surface area contributed by atoms with Gasteiger partial charge in [0.2, 0.25) is 5.92 Å². The smallest absolute Gasteiger partial charge is 0.248 e. The zero-order chi connectivity index (χ0) is 28.5. The highest BCUT2D eigenvalue weighted by Crippen LogP contribution is 2.39. The summed E-state index contributed by atoms with van der Waals surface area (Å²) in [5.74, 6) is -2.69. The van der Waals surface area contributed by atoms with Crippen LogP contribution in [-0.4, -0.2) is 48.8 Å². The summed E-state index contributed by atoms with van der Waals surface area (Å²) in [7, 11) is 0. The average Bonchev–Trinajstić information content (AvgIpc) is 3.00. The quantitative estimate of drug-likeness (QED) is 0.228. The Bertz CT molecular complexity index is 1100. The van der Waals surface area contributed by atoms with E-state index in [0.29, 0.717) is 38.6 Å². The summed E-state index contributed by atoms with van der Waals surface area (Å²) in [6.45, 7) is 4.85. The monoisotopic (exact) mass is 563 g/mol. The molecule has 0 radical (unpaired) electrons. The number of halogens is 2. The fourth-order valence-corrected chi connectivity index (χ4v) is 6.23. The number of nitrogens with zero attached hydrogens (tertiary/aromatic N) is 1. The van der Waals surface area contributed by atoms with Crippen LogP contribution in [0.1, 0.15) is 49.3 Å². The van der Waals surface area contributed by atoms with Crippen LogP contribution in [0.3, 0.4) is 0 Å². The van der Waals surface area contributed by atoms with Crippen molar-refractivity contribution < 1.29 is 23.0 Å². The molecule has 6 heteroatoms.